The zero-order valence-electron chi connectivity index (χ0n) is 22.4. The van der Waals surface area contributed by atoms with E-state index in [0.717, 1.165) is 61.7 Å². The van der Waals surface area contributed by atoms with Gasteiger partial charge in [0.1, 0.15) is 17.2 Å². The molecule has 0 fully saturated rings. The molecular formula is C29H40N6O2. The van der Waals surface area contributed by atoms with Gasteiger partial charge in [0.25, 0.3) is 0 Å². The molecule has 0 spiro atoms. The summed E-state index contributed by atoms with van der Waals surface area (Å²) in [6.07, 6.45) is 14.2. The number of hydrogen-bond acceptors (Lipinski definition) is 6. The fourth-order valence-electron chi connectivity index (χ4n) is 4.87. The molecular weight excluding hydrogens is 464 g/mol. The lowest BCUT2D eigenvalue weighted by atomic mass is 10.1. The number of hydrogen-bond donors (Lipinski definition) is 1. The highest BCUT2D eigenvalue weighted by molar-refractivity contribution is 5.77. The van der Waals surface area contributed by atoms with Gasteiger partial charge in [-0.05, 0) is 69.4 Å². The standard InChI is InChI=1S/C29H40N6O2/c1-4-14-34(15-5-2)16-7-6-8-24-22-37-26-18-23(9-10-25(26)29(24)36)19-35(20-27-30-11-12-31-27)21-28-32-13-17-33(28)3/h9-13,17-18,22H,4-8,14-16,19-21H2,1-3H3,(H,30,31). The molecule has 0 saturated carbocycles. The van der Waals surface area contributed by atoms with Gasteiger partial charge in [0.05, 0.1) is 24.7 Å². The minimum absolute atomic E-state index is 0.0900. The van der Waals surface area contributed by atoms with E-state index in [-0.39, 0.29) is 5.43 Å². The summed E-state index contributed by atoms with van der Waals surface area (Å²) < 4.78 is 8.00. The summed E-state index contributed by atoms with van der Waals surface area (Å²) in [6.45, 7) is 9.87. The molecule has 8 nitrogen and oxygen atoms in total. The number of aromatic nitrogens is 4. The van der Waals surface area contributed by atoms with Crippen molar-refractivity contribution in [3.8, 4) is 0 Å². The third-order valence-corrected chi connectivity index (χ3v) is 6.78. The Hall–Kier alpha value is -3.23. The van der Waals surface area contributed by atoms with Gasteiger partial charge in [-0.1, -0.05) is 19.9 Å². The van der Waals surface area contributed by atoms with Crippen LogP contribution in [0.2, 0.25) is 0 Å². The Labute approximate surface area is 219 Å². The topological polar surface area (TPSA) is 83.2 Å². The van der Waals surface area contributed by atoms with Gasteiger partial charge < -0.3 is 18.9 Å². The van der Waals surface area contributed by atoms with Crippen LogP contribution in [-0.4, -0.2) is 49.0 Å². The van der Waals surface area contributed by atoms with Crippen LogP contribution in [-0.2, 0) is 33.1 Å². The number of nitrogens with one attached hydrogen (secondary N) is 1. The fourth-order valence-corrected chi connectivity index (χ4v) is 4.87. The molecule has 0 bridgehead atoms. The van der Waals surface area contributed by atoms with E-state index in [9.17, 15) is 4.79 Å². The van der Waals surface area contributed by atoms with E-state index in [0.29, 0.717) is 30.6 Å². The molecule has 3 aromatic heterocycles. The van der Waals surface area contributed by atoms with E-state index in [1.807, 2.05) is 48.4 Å². The zero-order valence-corrected chi connectivity index (χ0v) is 22.4. The van der Waals surface area contributed by atoms with Crippen LogP contribution >= 0.6 is 0 Å². The highest BCUT2D eigenvalue weighted by atomic mass is 16.3. The minimum Gasteiger partial charge on any atom is -0.464 e. The number of nitrogens with zero attached hydrogens (tertiary/aromatic N) is 5. The van der Waals surface area contributed by atoms with Crippen molar-refractivity contribution in [2.45, 2.75) is 65.6 Å². The summed E-state index contributed by atoms with van der Waals surface area (Å²) in [4.78, 5) is 30.0. The largest absolute Gasteiger partial charge is 0.464 e. The number of rotatable bonds is 15. The van der Waals surface area contributed by atoms with Crippen LogP contribution in [0.15, 0.2) is 58.5 Å². The van der Waals surface area contributed by atoms with Crippen molar-refractivity contribution in [2.24, 2.45) is 7.05 Å². The van der Waals surface area contributed by atoms with Crippen LogP contribution in [0.3, 0.4) is 0 Å². The normalized spacial score (nSPS) is 11.8. The van der Waals surface area contributed by atoms with Gasteiger partial charge in [-0.2, -0.15) is 0 Å². The molecule has 4 rings (SSSR count). The van der Waals surface area contributed by atoms with Crippen molar-refractivity contribution < 1.29 is 4.42 Å². The summed E-state index contributed by atoms with van der Waals surface area (Å²) in [6, 6.07) is 5.93. The van der Waals surface area contributed by atoms with Gasteiger partial charge >= 0.3 is 0 Å². The monoisotopic (exact) mass is 504 g/mol. The summed E-state index contributed by atoms with van der Waals surface area (Å²) in [7, 11) is 2.00. The Kier molecular flexibility index (Phi) is 9.68. The van der Waals surface area contributed by atoms with E-state index >= 15 is 0 Å². The van der Waals surface area contributed by atoms with Crippen molar-refractivity contribution in [1.29, 1.82) is 0 Å². The van der Waals surface area contributed by atoms with Crippen molar-refractivity contribution in [3.05, 3.63) is 82.2 Å². The van der Waals surface area contributed by atoms with Crippen molar-refractivity contribution in [1.82, 2.24) is 29.3 Å². The smallest absolute Gasteiger partial charge is 0.195 e. The van der Waals surface area contributed by atoms with Gasteiger partial charge in [0, 0.05) is 43.9 Å². The van der Waals surface area contributed by atoms with Gasteiger partial charge in [0.15, 0.2) is 5.43 Å². The zero-order chi connectivity index (χ0) is 26.0. The van der Waals surface area contributed by atoms with E-state index < -0.39 is 0 Å². The molecule has 0 aliphatic carbocycles. The number of unbranched alkanes of at least 4 members (excludes halogenated alkanes) is 1. The van der Waals surface area contributed by atoms with E-state index in [2.05, 4.69) is 38.6 Å². The number of imidazole rings is 2. The number of H-pyrrole nitrogens is 1. The molecule has 0 saturated heterocycles. The summed E-state index contributed by atoms with van der Waals surface area (Å²) in [5, 5.41) is 0.654. The van der Waals surface area contributed by atoms with Crippen molar-refractivity contribution in [3.63, 3.8) is 0 Å². The first kappa shape index (κ1) is 26.8. The van der Waals surface area contributed by atoms with Crippen LogP contribution in [0.1, 0.15) is 62.3 Å². The maximum atomic E-state index is 13.2. The summed E-state index contributed by atoms with van der Waals surface area (Å²) in [5.74, 6) is 1.88. The highest BCUT2D eigenvalue weighted by Crippen LogP contribution is 2.18. The van der Waals surface area contributed by atoms with Gasteiger partial charge in [-0.15, -0.1) is 0 Å². The molecule has 0 amide bonds. The lowest BCUT2D eigenvalue weighted by Gasteiger charge is -2.21. The van der Waals surface area contributed by atoms with Crippen molar-refractivity contribution in [2.75, 3.05) is 19.6 Å². The van der Waals surface area contributed by atoms with Crippen LogP contribution in [0.5, 0.6) is 0 Å². The Bertz CT molecular complexity index is 1290. The van der Waals surface area contributed by atoms with Gasteiger partial charge in [-0.3, -0.25) is 9.69 Å². The number of aryl methyl sites for hydroxylation is 2. The first-order valence-corrected chi connectivity index (χ1v) is 13.5. The molecule has 37 heavy (non-hydrogen) atoms. The Morgan fingerprint density at radius 1 is 0.973 bits per heavy atom. The molecule has 0 unspecified atom stereocenters. The molecule has 8 heteroatoms. The van der Waals surface area contributed by atoms with Crippen LogP contribution in [0, 0.1) is 0 Å². The molecule has 3 heterocycles. The predicted octanol–water partition coefficient (Wildman–Crippen LogP) is 4.90. The molecule has 0 radical (unpaired) electrons. The number of benzene rings is 1. The van der Waals surface area contributed by atoms with Crippen LogP contribution < -0.4 is 5.43 Å². The molecule has 198 valence electrons. The first-order valence-electron chi connectivity index (χ1n) is 13.5. The van der Waals surface area contributed by atoms with Gasteiger partial charge in [-0.25, -0.2) is 9.97 Å². The second-order valence-electron chi connectivity index (χ2n) is 9.85. The van der Waals surface area contributed by atoms with Crippen LogP contribution in [0.25, 0.3) is 11.0 Å². The Morgan fingerprint density at radius 2 is 1.81 bits per heavy atom. The van der Waals surface area contributed by atoms with E-state index in [1.54, 1.807) is 12.5 Å². The molecule has 0 atom stereocenters. The maximum Gasteiger partial charge on any atom is 0.195 e. The Morgan fingerprint density at radius 3 is 2.51 bits per heavy atom. The van der Waals surface area contributed by atoms with E-state index in [1.165, 1.54) is 12.8 Å². The second kappa shape index (κ2) is 13.4. The lowest BCUT2D eigenvalue weighted by Crippen LogP contribution is -2.26. The quantitative estimate of drug-likeness (QED) is 0.232. The molecule has 1 aromatic carbocycles. The molecule has 4 aromatic rings. The fraction of sp³-hybridized carbons (Fsp3) is 0.483. The average molecular weight is 505 g/mol. The van der Waals surface area contributed by atoms with E-state index in [4.69, 9.17) is 4.42 Å². The summed E-state index contributed by atoms with van der Waals surface area (Å²) >= 11 is 0. The molecule has 0 aliphatic heterocycles. The molecule has 1 N–H and O–H groups in total. The number of aromatic amines is 1. The first-order chi connectivity index (χ1) is 18.1. The lowest BCUT2D eigenvalue weighted by molar-refractivity contribution is 0.233. The third-order valence-electron chi connectivity index (χ3n) is 6.78. The maximum absolute atomic E-state index is 13.2. The highest BCUT2D eigenvalue weighted by Gasteiger charge is 2.14. The second-order valence-corrected chi connectivity index (χ2v) is 9.85. The SMILES string of the molecule is CCCN(CCC)CCCCc1coc2cc(CN(Cc3ncc[nH]3)Cc3nccn3C)ccc2c1=O. The third kappa shape index (κ3) is 7.40. The van der Waals surface area contributed by atoms with Crippen LogP contribution in [0.4, 0.5) is 0 Å². The minimum atomic E-state index is 0.0900. The number of fused-ring (bicyclic) bond motifs is 1. The molecule has 0 aliphatic rings. The van der Waals surface area contributed by atoms with Gasteiger partial charge in [0.2, 0.25) is 0 Å². The van der Waals surface area contributed by atoms with Crippen molar-refractivity contribution >= 4 is 11.0 Å². The Balaban J connectivity index is 1.42. The average Bonchev–Trinajstić information content (AvgIpc) is 3.55. The predicted molar refractivity (Wildman–Crippen MR) is 147 cm³/mol. The summed E-state index contributed by atoms with van der Waals surface area (Å²) in [5.41, 5.74) is 2.58.